The summed E-state index contributed by atoms with van der Waals surface area (Å²) in [6.07, 6.45) is 4.65. The van der Waals surface area contributed by atoms with Crippen molar-refractivity contribution >= 4 is 11.6 Å². The number of unbranched alkanes of at least 4 members (excludes halogenated alkanes) is 3. The first-order valence-electron chi connectivity index (χ1n) is 6.13. The van der Waals surface area contributed by atoms with Crippen LogP contribution in [0.2, 0.25) is 0 Å². The van der Waals surface area contributed by atoms with Crippen molar-refractivity contribution in [1.29, 1.82) is 0 Å². The van der Waals surface area contributed by atoms with Crippen LogP contribution in [0.5, 0.6) is 5.75 Å². The fourth-order valence-electron chi connectivity index (χ4n) is 1.57. The first-order valence-corrected chi connectivity index (χ1v) is 6.67. The highest BCUT2D eigenvalue weighted by Gasteiger charge is 1.95. The zero-order valence-corrected chi connectivity index (χ0v) is 11.2. The van der Waals surface area contributed by atoms with E-state index in [9.17, 15) is 0 Å². The summed E-state index contributed by atoms with van der Waals surface area (Å²) in [6, 6.07) is 7.95. The minimum Gasteiger partial charge on any atom is -0.494 e. The molecule has 0 radical (unpaired) electrons. The fourth-order valence-corrected chi connectivity index (χ4v) is 1.74. The van der Waals surface area contributed by atoms with Gasteiger partial charge in [0, 0.05) is 19.6 Å². The summed E-state index contributed by atoms with van der Waals surface area (Å²) in [7, 11) is 1.74. The lowest BCUT2D eigenvalue weighted by Gasteiger charge is -2.06. The van der Waals surface area contributed by atoms with Gasteiger partial charge < -0.3 is 9.47 Å². The summed E-state index contributed by atoms with van der Waals surface area (Å²) in [5.41, 5.74) is 1.12. The van der Waals surface area contributed by atoms with Crippen LogP contribution in [-0.4, -0.2) is 20.3 Å². The van der Waals surface area contributed by atoms with Gasteiger partial charge in [-0.1, -0.05) is 18.6 Å². The molecular weight excluding hydrogens is 236 g/mol. The normalized spacial score (nSPS) is 10.5. The number of methoxy groups -OCH3 is 1. The maximum absolute atomic E-state index is 5.72. The summed E-state index contributed by atoms with van der Waals surface area (Å²) >= 11 is 5.72. The minimum absolute atomic E-state index is 0.555. The van der Waals surface area contributed by atoms with Crippen molar-refractivity contribution in [3.63, 3.8) is 0 Å². The Hall–Kier alpha value is -0.730. The second-order valence-electron chi connectivity index (χ2n) is 4.03. The number of halogens is 1. The van der Waals surface area contributed by atoms with Gasteiger partial charge in [-0.25, -0.2) is 0 Å². The molecule has 0 amide bonds. The van der Waals surface area contributed by atoms with Gasteiger partial charge in [0.05, 0.1) is 6.61 Å². The predicted molar refractivity (Wildman–Crippen MR) is 71.8 cm³/mol. The molecule has 0 heterocycles. The van der Waals surface area contributed by atoms with Gasteiger partial charge in [-0.3, -0.25) is 0 Å². The zero-order chi connectivity index (χ0) is 12.3. The van der Waals surface area contributed by atoms with Gasteiger partial charge in [-0.15, -0.1) is 11.6 Å². The van der Waals surface area contributed by atoms with Gasteiger partial charge in [-0.05, 0) is 37.0 Å². The van der Waals surface area contributed by atoms with Crippen molar-refractivity contribution < 1.29 is 9.47 Å². The number of ether oxygens (including phenoxy) is 2. The third-order valence-corrected chi connectivity index (χ3v) is 2.90. The average Bonchev–Trinajstić information content (AvgIpc) is 2.38. The van der Waals surface area contributed by atoms with E-state index in [2.05, 4.69) is 0 Å². The molecule has 0 aliphatic heterocycles. The molecule has 2 nitrogen and oxygen atoms in total. The van der Waals surface area contributed by atoms with Crippen LogP contribution in [0.15, 0.2) is 24.3 Å². The molecule has 0 spiro atoms. The van der Waals surface area contributed by atoms with Crippen molar-refractivity contribution in [2.45, 2.75) is 31.6 Å². The van der Waals surface area contributed by atoms with Crippen LogP contribution in [0.25, 0.3) is 0 Å². The number of benzene rings is 1. The van der Waals surface area contributed by atoms with Crippen LogP contribution in [0.4, 0.5) is 0 Å². The molecule has 17 heavy (non-hydrogen) atoms. The van der Waals surface area contributed by atoms with Crippen LogP contribution in [-0.2, 0) is 10.6 Å². The van der Waals surface area contributed by atoms with E-state index >= 15 is 0 Å². The monoisotopic (exact) mass is 256 g/mol. The van der Waals surface area contributed by atoms with Crippen molar-refractivity contribution in [2.24, 2.45) is 0 Å². The second kappa shape index (κ2) is 9.32. The van der Waals surface area contributed by atoms with Crippen molar-refractivity contribution in [3.05, 3.63) is 29.8 Å². The molecule has 0 aliphatic rings. The van der Waals surface area contributed by atoms with Gasteiger partial charge in [0.1, 0.15) is 5.75 Å². The Bertz CT molecular complexity index is 285. The number of hydrogen-bond acceptors (Lipinski definition) is 2. The van der Waals surface area contributed by atoms with Gasteiger partial charge in [-0.2, -0.15) is 0 Å². The van der Waals surface area contributed by atoms with Crippen molar-refractivity contribution in [2.75, 3.05) is 20.3 Å². The lowest BCUT2D eigenvalue weighted by Crippen LogP contribution is -1.98. The summed E-state index contributed by atoms with van der Waals surface area (Å²) in [6.45, 7) is 1.65. The molecule has 0 saturated heterocycles. The highest BCUT2D eigenvalue weighted by molar-refractivity contribution is 6.17. The Morgan fingerprint density at radius 3 is 2.18 bits per heavy atom. The van der Waals surface area contributed by atoms with E-state index in [1.54, 1.807) is 7.11 Å². The molecule has 3 heteroatoms. The Morgan fingerprint density at radius 1 is 0.941 bits per heavy atom. The SMILES string of the molecule is COCCCCCCOc1ccc(CCl)cc1. The standard InChI is InChI=1S/C14H21ClO2/c1-16-10-4-2-3-5-11-17-14-8-6-13(12-15)7-9-14/h6-9H,2-5,10-12H2,1H3. The molecule has 1 aromatic carbocycles. The van der Waals surface area contributed by atoms with E-state index in [4.69, 9.17) is 21.1 Å². The van der Waals surface area contributed by atoms with E-state index < -0.39 is 0 Å². The predicted octanol–water partition coefficient (Wildman–Crippen LogP) is 4.01. The summed E-state index contributed by atoms with van der Waals surface area (Å²) < 4.78 is 10.6. The molecule has 0 bridgehead atoms. The molecular formula is C14H21ClO2. The molecule has 0 saturated carbocycles. The van der Waals surface area contributed by atoms with Crippen LogP contribution < -0.4 is 4.74 Å². The molecule has 0 fully saturated rings. The molecule has 96 valence electrons. The topological polar surface area (TPSA) is 18.5 Å². The first-order chi connectivity index (χ1) is 8.36. The lowest BCUT2D eigenvalue weighted by atomic mass is 10.2. The number of rotatable bonds is 9. The van der Waals surface area contributed by atoms with Crippen molar-refractivity contribution in [1.82, 2.24) is 0 Å². The van der Waals surface area contributed by atoms with E-state index in [-0.39, 0.29) is 0 Å². The highest BCUT2D eigenvalue weighted by Crippen LogP contribution is 2.14. The molecule has 1 rings (SSSR count). The van der Waals surface area contributed by atoms with E-state index in [1.807, 2.05) is 24.3 Å². The lowest BCUT2D eigenvalue weighted by molar-refractivity contribution is 0.191. The molecule has 0 unspecified atom stereocenters. The van der Waals surface area contributed by atoms with Gasteiger partial charge >= 0.3 is 0 Å². The third kappa shape index (κ3) is 6.54. The maximum Gasteiger partial charge on any atom is 0.119 e. The first kappa shape index (κ1) is 14.3. The smallest absolute Gasteiger partial charge is 0.119 e. The quantitative estimate of drug-likeness (QED) is 0.491. The summed E-state index contributed by atoms with van der Waals surface area (Å²) in [4.78, 5) is 0. The fraction of sp³-hybridized carbons (Fsp3) is 0.571. The van der Waals surface area contributed by atoms with Crippen LogP contribution in [0.3, 0.4) is 0 Å². The van der Waals surface area contributed by atoms with Gasteiger partial charge in [0.15, 0.2) is 0 Å². The van der Waals surface area contributed by atoms with E-state index in [0.29, 0.717) is 5.88 Å². The molecule has 0 aliphatic carbocycles. The highest BCUT2D eigenvalue weighted by atomic mass is 35.5. The molecule has 0 atom stereocenters. The summed E-state index contributed by atoms with van der Waals surface area (Å²) in [5, 5.41) is 0. The Kier molecular flexibility index (Phi) is 7.85. The Balaban J connectivity index is 2.05. The average molecular weight is 257 g/mol. The third-order valence-electron chi connectivity index (χ3n) is 2.59. The Morgan fingerprint density at radius 2 is 1.59 bits per heavy atom. The number of hydrogen-bond donors (Lipinski definition) is 0. The van der Waals surface area contributed by atoms with Crippen LogP contribution in [0, 0.1) is 0 Å². The zero-order valence-electron chi connectivity index (χ0n) is 10.5. The summed E-state index contributed by atoms with van der Waals surface area (Å²) in [5.74, 6) is 1.48. The number of alkyl halides is 1. The molecule has 0 N–H and O–H groups in total. The largest absolute Gasteiger partial charge is 0.494 e. The van der Waals surface area contributed by atoms with Crippen LogP contribution >= 0.6 is 11.6 Å². The van der Waals surface area contributed by atoms with Gasteiger partial charge in [0.2, 0.25) is 0 Å². The molecule has 1 aromatic rings. The van der Waals surface area contributed by atoms with E-state index in [1.165, 1.54) is 12.8 Å². The van der Waals surface area contributed by atoms with Crippen molar-refractivity contribution in [3.8, 4) is 5.75 Å². The maximum atomic E-state index is 5.72. The minimum atomic E-state index is 0.555. The van der Waals surface area contributed by atoms with Gasteiger partial charge in [0.25, 0.3) is 0 Å². The van der Waals surface area contributed by atoms with E-state index in [0.717, 1.165) is 37.4 Å². The second-order valence-corrected chi connectivity index (χ2v) is 4.30. The Labute approximate surface area is 109 Å². The van der Waals surface area contributed by atoms with Crippen LogP contribution in [0.1, 0.15) is 31.2 Å². The molecule has 0 aromatic heterocycles.